The van der Waals surface area contributed by atoms with Crippen LogP contribution in [0, 0.1) is 58.7 Å². The van der Waals surface area contributed by atoms with Gasteiger partial charge in [-0.05, 0) is 166 Å². The zero-order valence-corrected chi connectivity index (χ0v) is 45.3. The van der Waals surface area contributed by atoms with Crippen molar-refractivity contribution >= 4 is 32.5 Å². The number of aliphatic hydroxyl groups is 5. The monoisotopic (exact) mass is 1060 g/mol. The Hall–Kier alpha value is -4.39. The summed E-state index contributed by atoms with van der Waals surface area (Å²) in [5.74, 6) is 16.3. The number of phenolic OH excluding ortho intramolecular Hbond substituents is 2. The Labute approximate surface area is 450 Å². The lowest BCUT2D eigenvalue weighted by Crippen LogP contribution is -2.54. The Bertz CT molecular complexity index is 2710. The highest BCUT2D eigenvalue weighted by atomic mass is 33.1. The van der Waals surface area contributed by atoms with Crippen molar-refractivity contribution in [1.82, 2.24) is 10.3 Å². The molecule has 0 radical (unpaired) electrons. The lowest BCUT2D eigenvalue weighted by atomic mass is 9.50. The number of rotatable bonds is 10. The van der Waals surface area contributed by atoms with Crippen molar-refractivity contribution < 1.29 is 54.7 Å². The molecule has 0 amide bonds. The molecule has 4 aromatic rings. The highest BCUT2D eigenvalue weighted by Gasteiger charge is 2.55. The largest absolute Gasteiger partial charge is 0.504 e. The first-order valence-electron chi connectivity index (χ1n) is 27.1. The van der Waals surface area contributed by atoms with Crippen LogP contribution in [0.4, 0.5) is 0 Å². The molecule has 2 aliphatic heterocycles. The second kappa shape index (κ2) is 24.9. The fraction of sp³-hybridized carbons (Fsp3) is 0.583. The first kappa shape index (κ1) is 55.4. The van der Waals surface area contributed by atoms with Crippen LogP contribution in [-0.4, -0.2) is 111 Å². The van der Waals surface area contributed by atoms with Gasteiger partial charge in [-0.1, -0.05) is 64.8 Å². The van der Waals surface area contributed by atoms with Crippen LogP contribution >= 0.6 is 21.6 Å². The summed E-state index contributed by atoms with van der Waals surface area (Å²) in [6.45, 7) is 3.39. The average Bonchev–Trinajstić information content (AvgIpc) is 3.49. The molecule has 9 rings (SSSR count). The zero-order chi connectivity index (χ0) is 52.7. The van der Waals surface area contributed by atoms with Crippen molar-refractivity contribution in [2.24, 2.45) is 35.0 Å². The molecular weight excluding hydrogens is 989 g/mol. The number of hydrogen-bond acceptors (Lipinski definition) is 15. The molecule has 12 atom stereocenters. The van der Waals surface area contributed by atoms with Crippen molar-refractivity contribution in [3.63, 3.8) is 0 Å². The standard InChI is InChI=1S/C60H76N2O11S2/c1-37-10-12-41-13-17-50(65)45-15-16-49-44(9-7-24-62-49)43(45)8-6-20-59(22-18-40-34-61-23-5-4-21-60(41,32-37)48(40)33-59)73-54-29-39-11-14-42(72-36-64)30-51(66)47(26-38-27-55(70-2)58(69)56(28-38)71-3)53(68)35-74-75-57(19-25-63)46(39)31-52(54)67/h7,9,15-16,24,27-29,31,37,40-42,47-48,50-51,53,57,61,63-69H,5,10-14,17-20,22-23,25-26,30,32-36H2,1-3H3. The van der Waals surface area contributed by atoms with Crippen molar-refractivity contribution in [2.45, 2.75) is 139 Å². The van der Waals surface area contributed by atoms with Crippen LogP contribution in [0.3, 0.4) is 0 Å². The summed E-state index contributed by atoms with van der Waals surface area (Å²) in [7, 11) is 5.84. The summed E-state index contributed by atoms with van der Waals surface area (Å²) in [4.78, 5) is 4.66. The number of aryl methyl sites for hydroxylation is 1. The molecule has 3 aromatic carbocycles. The van der Waals surface area contributed by atoms with Gasteiger partial charge in [0.25, 0.3) is 0 Å². The van der Waals surface area contributed by atoms with E-state index in [0.717, 1.165) is 84.8 Å². The molecule has 15 heteroatoms. The first-order valence-corrected chi connectivity index (χ1v) is 29.5. The van der Waals surface area contributed by atoms with E-state index in [9.17, 15) is 35.7 Å². The second-order valence-corrected chi connectivity index (χ2v) is 24.5. The number of fused-ring (bicyclic) bond motifs is 5. The van der Waals surface area contributed by atoms with Gasteiger partial charge in [0, 0.05) is 65.5 Å². The van der Waals surface area contributed by atoms with Crippen LogP contribution in [0.5, 0.6) is 28.7 Å². The highest BCUT2D eigenvalue weighted by molar-refractivity contribution is 8.76. The number of nitrogens with zero attached hydrogens (tertiary/aromatic N) is 1. The van der Waals surface area contributed by atoms with Crippen LogP contribution < -0.4 is 19.5 Å². The summed E-state index contributed by atoms with van der Waals surface area (Å²) in [6.07, 6.45) is 7.90. The number of nitrogens with one attached hydrogen (secondary N) is 1. The fourth-order valence-corrected chi connectivity index (χ4v) is 16.3. The van der Waals surface area contributed by atoms with E-state index in [0.29, 0.717) is 68.1 Å². The van der Waals surface area contributed by atoms with Crippen LogP contribution in [-0.2, 0) is 17.6 Å². The molecule has 2 bridgehead atoms. The quantitative estimate of drug-likeness (QED) is 0.0425. The summed E-state index contributed by atoms with van der Waals surface area (Å²) in [6, 6.07) is 15.0. The minimum atomic E-state index is -1.06. The predicted molar refractivity (Wildman–Crippen MR) is 294 cm³/mol. The van der Waals surface area contributed by atoms with Crippen molar-refractivity contribution in [3.8, 4) is 52.4 Å². The van der Waals surface area contributed by atoms with Crippen LogP contribution in [0.25, 0.3) is 10.9 Å². The van der Waals surface area contributed by atoms with E-state index in [1.54, 1.807) is 24.4 Å². The summed E-state index contributed by atoms with van der Waals surface area (Å²) in [5.41, 5.74) is 3.66. The smallest absolute Gasteiger partial charge is 0.200 e. The van der Waals surface area contributed by atoms with Gasteiger partial charge in [0.2, 0.25) is 5.75 Å². The molecule has 1 aromatic heterocycles. The molecule has 5 aliphatic rings. The van der Waals surface area contributed by atoms with E-state index in [4.69, 9.17) is 18.9 Å². The lowest BCUT2D eigenvalue weighted by molar-refractivity contribution is -0.0808. The summed E-state index contributed by atoms with van der Waals surface area (Å²) >= 11 is 0. The van der Waals surface area contributed by atoms with Gasteiger partial charge in [-0.2, -0.15) is 0 Å². The minimum Gasteiger partial charge on any atom is -0.504 e. The molecule has 404 valence electrons. The number of aromatic nitrogens is 1. The van der Waals surface area contributed by atoms with Gasteiger partial charge in [-0.25, -0.2) is 0 Å². The number of methoxy groups -OCH3 is 2. The van der Waals surface area contributed by atoms with Gasteiger partial charge in [0.1, 0.15) is 12.4 Å². The van der Waals surface area contributed by atoms with Crippen molar-refractivity contribution in [3.05, 3.63) is 82.5 Å². The summed E-state index contributed by atoms with van der Waals surface area (Å²) < 4.78 is 24.3. The SMILES string of the molecule is COc1cc(CC2C(O)CSSC(CCO)c3cc(O)c(OC45CC#Cc6c(ccc7ncccc67)C(O)CCC6CCC(C)CC67C#CCCNCC(CC4)C7C5)cc3CCC(OCO)CC2O)cc(OC)c1O. The van der Waals surface area contributed by atoms with E-state index in [1.165, 1.54) is 35.8 Å². The van der Waals surface area contributed by atoms with Gasteiger partial charge in [0.15, 0.2) is 23.0 Å². The molecule has 2 fully saturated rings. The van der Waals surface area contributed by atoms with Crippen LogP contribution in [0.1, 0.15) is 130 Å². The Morgan fingerprint density at radius 1 is 0.880 bits per heavy atom. The average molecular weight is 1070 g/mol. The number of benzene rings is 3. The lowest BCUT2D eigenvalue weighted by Gasteiger charge is -2.55. The Morgan fingerprint density at radius 2 is 1.69 bits per heavy atom. The third-order valence-electron chi connectivity index (χ3n) is 17.2. The summed E-state index contributed by atoms with van der Waals surface area (Å²) in [5, 5.41) is 84.0. The van der Waals surface area contributed by atoms with E-state index < -0.39 is 42.7 Å². The number of aliphatic hydroxyl groups excluding tert-OH is 5. The molecule has 3 aliphatic carbocycles. The maximum Gasteiger partial charge on any atom is 0.200 e. The van der Waals surface area contributed by atoms with Gasteiger partial charge >= 0.3 is 0 Å². The number of ether oxygens (including phenoxy) is 4. The number of pyridine rings is 1. The van der Waals surface area contributed by atoms with Gasteiger partial charge in [-0.3, -0.25) is 4.98 Å². The molecule has 8 N–H and O–H groups in total. The molecule has 13 nitrogen and oxygen atoms in total. The van der Waals surface area contributed by atoms with E-state index in [1.807, 2.05) is 30.3 Å². The zero-order valence-electron chi connectivity index (χ0n) is 43.6. The Morgan fingerprint density at radius 3 is 2.48 bits per heavy atom. The van der Waals surface area contributed by atoms with Crippen molar-refractivity contribution in [2.75, 3.05) is 46.5 Å². The minimum absolute atomic E-state index is 0.0160. The molecule has 1 spiro atoms. The highest BCUT2D eigenvalue weighted by Crippen LogP contribution is 2.59. The molecule has 0 saturated heterocycles. The predicted octanol–water partition coefficient (Wildman–Crippen LogP) is 8.94. The van der Waals surface area contributed by atoms with Crippen LogP contribution in [0.15, 0.2) is 54.7 Å². The van der Waals surface area contributed by atoms with E-state index >= 15 is 0 Å². The Balaban J connectivity index is 1.10. The topological polar surface area (TPSA) is 203 Å². The van der Waals surface area contributed by atoms with Gasteiger partial charge in [-0.15, -0.1) is 5.92 Å². The number of phenols is 2. The van der Waals surface area contributed by atoms with Crippen LogP contribution in [0.2, 0.25) is 0 Å². The third-order valence-corrected chi connectivity index (χ3v) is 20.1. The first-order chi connectivity index (χ1) is 36.4. The second-order valence-electron chi connectivity index (χ2n) is 21.9. The fourth-order valence-electron chi connectivity index (χ4n) is 13.4. The maximum atomic E-state index is 12.3. The Kier molecular flexibility index (Phi) is 18.4. The maximum absolute atomic E-state index is 12.3. The molecular formula is C60H76N2O11S2. The molecule has 2 saturated carbocycles. The van der Waals surface area contributed by atoms with E-state index in [-0.39, 0.29) is 70.7 Å². The molecule has 3 heterocycles. The molecule has 75 heavy (non-hydrogen) atoms. The normalized spacial score (nSPS) is 31.5. The van der Waals surface area contributed by atoms with Gasteiger partial charge < -0.3 is 60.0 Å². The van der Waals surface area contributed by atoms with E-state index in [2.05, 4.69) is 40.9 Å². The van der Waals surface area contributed by atoms with Gasteiger partial charge in [0.05, 0.1) is 44.2 Å². The third kappa shape index (κ3) is 12.3. The number of aromatic hydroxyl groups is 2. The number of hydrogen-bond donors (Lipinski definition) is 8. The molecule has 12 unspecified atom stereocenters. The van der Waals surface area contributed by atoms with Crippen molar-refractivity contribution in [1.29, 1.82) is 0 Å².